The van der Waals surface area contributed by atoms with Crippen LogP contribution >= 0.6 is 12.4 Å². The summed E-state index contributed by atoms with van der Waals surface area (Å²) in [5.41, 5.74) is 1.30. The van der Waals surface area contributed by atoms with Gasteiger partial charge in [-0.1, -0.05) is 13.8 Å². The second kappa shape index (κ2) is 8.46. The van der Waals surface area contributed by atoms with E-state index in [0.717, 1.165) is 38.2 Å². The van der Waals surface area contributed by atoms with E-state index >= 15 is 0 Å². The Morgan fingerprint density at radius 2 is 2.09 bits per heavy atom. The van der Waals surface area contributed by atoms with Crippen molar-refractivity contribution in [3.63, 3.8) is 0 Å². The highest BCUT2D eigenvalue weighted by Crippen LogP contribution is 2.20. The highest BCUT2D eigenvalue weighted by atomic mass is 35.5. The molecule has 0 amide bonds. The van der Waals surface area contributed by atoms with E-state index in [4.69, 9.17) is 0 Å². The molecule has 1 aliphatic heterocycles. The molecule has 0 spiro atoms. The monoisotopic (exact) mass is 364 g/mol. The van der Waals surface area contributed by atoms with E-state index in [0.29, 0.717) is 29.0 Å². The summed E-state index contributed by atoms with van der Waals surface area (Å²) in [6.45, 7) is 11.0. The minimum absolute atomic E-state index is 0. The predicted octanol–water partition coefficient (Wildman–Crippen LogP) is 1.86. The highest BCUT2D eigenvalue weighted by Gasteiger charge is 2.25. The summed E-state index contributed by atoms with van der Waals surface area (Å²) < 4.78 is 29.7. The minimum atomic E-state index is -3.48. The maximum absolute atomic E-state index is 12.6. The number of aromatic nitrogens is 2. The molecule has 0 saturated carbocycles. The first kappa shape index (κ1) is 20.4. The van der Waals surface area contributed by atoms with Crippen LogP contribution in [0, 0.1) is 25.7 Å². The molecule has 8 heteroatoms. The molecule has 0 bridgehead atoms. The lowest BCUT2D eigenvalue weighted by atomic mass is 10.1. The summed E-state index contributed by atoms with van der Waals surface area (Å²) in [7, 11) is -3.48. The van der Waals surface area contributed by atoms with E-state index < -0.39 is 10.0 Å². The van der Waals surface area contributed by atoms with Crippen molar-refractivity contribution in [2.45, 2.75) is 52.0 Å². The first-order chi connectivity index (χ1) is 10.3. The molecule has 2 heterocycles. The van der Waals surface area contributed by atoms with Gasteiger partial charge in [-0.05, 0) is 51.6 Å². The number of halogens is 1. The molecule has 1 unspecified atom stereocenters. The van der Waals surface area contributed by atoms with Gasteiger partial charge in [0.25, 0.3) is 0 Å². The summed E-state index contributed by atoms with van der Waals surface area (Å²) in [4.78, 5) is 0.345. The first-order valence-electron chi connectivity index (χ1n) is 8.05. The second-order valence-electron chi connectivity index (χ2n) is 6.62. The zero-order valence-corrected chi connectivity index (χ0v) is 16.1. The van der Waals surface area contributed by atoms with Crippen molar-refractivity contribution in [3.05, 3.63) is 11.4 Å². The molecule has 1 aromatic heterocycles. The van der Waals surface area contributed by atoms with E-state index in [1.54, 1.807) is 11.6 Å². The van der Waals surface area contributed by atoms with Crippen molar-refractivity contribution in [3.8, 4) is 0 Å². The van der Waals surface area contributed by atoms with E-state index in [1.807, 2.05) is 6.92 Å². The van der Waals surface area contributed by atoms with Gasteiger partial charge in [0.15, 0.2) is 0 Å². The van der Waals surface area contributed by atoms with Crippen LogP contribution in [-0.4, -0.2) is 37.8 Å². The number of nitrogens with one attached hydrogen (secondary N) is 2. The van der Waals surface area contributed by atoms with Crippen molar-refractivity contribution in [1.29, 1.82) is 0 Å². The lowest BCUT2D eigenvalue weighted by Gasteiger charge is -2.11. The lowest BCUT2D eigenvalue weighted by molar-refractivity contribution is 0.471. The fraction of sp³-hybridized carbons (Fsp3) is 0.800. The average Bonchev–Trinajstić information content (AvgIpc) is 2.98. The van der Waals surface area contributed by atoms with Crippen LogP contribution in [0.15, 0.2) is 4.90 Å². The molecule has 1 fully saturated rings. The summed E-state index contributed by atoms with van der Waals surface area (Å²) in [5, 5.41) is 7.69. The van der Waals surface area contributed by atoms with E-state index in [-0.39, 0.29) is 12.4 Å². The van der Waals surface area contributed by atoms with Crippen LogP contribution in [0.3, 0.4) is 0 Å². The molecule has 1 aliphatic rings. The van der Waals surface area contributed by atoms with E-state index in [9.17, 15) is 8.42 Å². The topological polar surface area (TPSA) is 76.0 Å². The number of hydrogen-bond donors (Lipinski definition) is 2. The van der Waals surface area contributed by atoms with E-state index in [1.165, 1.54) is 0 Å². The van der Waals surface area contributed by atoms with Gasteiger partial charge in [0.1, 0.15) is 4.90 Å². The van der Waals surface area contributed by atoms with Crippen molar-refractivity contribution in [2.75, 3.05) is 19.6 Å². The molecule has 1 atom stereocenters. The number of hydrogen-bond acceptors (Lipinski definition) is 4. The molecule has 1 saturated heterocycles. The normalized spacial score (nSPS) is 18.4. The largest absolute Gasteiger partial charge is 0.316 e. The summed E-state index contributed by atoms with van der Waals surface area (Å²) in [6.07, 6.45) is 2.01. The third-order valence-corrected chi connectivity index (χ3v) is 5.84. The predicted molar refractivity (Wildman–Crippen MR) is 94.6 cm³/mol. The SMILES string of the molecule is Cc1nn(CC(C)C)c(C)c1S(=O)(=O)NCCC1CCNC1.Cl. The zero-order valence-electron chi connectivity index (χ0n) is 14.4. The first-order valence-corrected chi connectivity index (χ1v) is 9.54. The minimum Gasteiger partial charge on any atom is -0.316 e. The van der Waals surface area contributed by atoms with Crippen LogP contribution in [0.5, 0.6) is 0 Å². The van der Waals surface area contributed by atoms with Gasteiger partial charge in [-0.3, -0.25) is 4.68 Å². The maximum Gasteiger partial charge on any atom is 0.244 e. The Balaban J connectivity index is 0.00000264. The fourth-order valence-electron chi connectivity index (χ4n) is 3.02. The van der Waals surface area contributed by atoms with Gasteiger partial charge in [-0.15, -0.1) is 12.4 Å². The van der Waals surface area contributed by atoms with Gasteiger partial charge in [-0.2, -0.15) is 5.10 Å². The van der Waals surface area contributed by atoms with Gasteiger partial charge < -0.3 is 5.32 Å². The number of sulfonamides is 1. The summed E-state index contributed by atoms with van der Waals surface area (Å²) in [5.74, 6) is 1.00. The Morgan fingerprint density at radius 1 is 1.39 bits per heavy atom. The quantitative estimate of drug-likeness (QED) is 0.774. The van der Waals surface area contributed by atoms with Crippen molar-refractivity contribution in [2.24, 2.45) is 11.8 Å². The van der Waals surface area contributed by atoms with Crippen molar-refractivity contribution in [1.82, 2.24) is 19.8 Å². The lowest BCUT2D eigenvalue weighted by Crippen LogP contribution is -2.27. The van der Waals surface area contributed by atoms with Crippen LogP contribution in [0.2, 0.25) is 0 Å². The fourth-order valence-corrected chi connectivity index (χ4v) is 4.48. The van der Waals surface area contributed by atoms with E-state index in [2.05, 4.69) is 29.0 Å². The average molecular weight is 365 g/mol. The Hall–Kier alpha value is -0.630. The van der Waals surface area contributed by atoms with Crippen LogP contribution in [-0.2, 0) is 16.6 Å². The number of nitrogens with zero attached hydrogens (tertiary/aromatic N) is 2. The second-order valence-corrected chi connectivity index (χ2v) is 8.32. The summed E-state index contributed by atoms with van der Waals surface area (Å²) in [6, 6.07) is 0. The molecule has 1 aromatic rings. The molecular formula is C15H29ClN4O2S. The Bertz CT molecular complexity index is 607. The third kappa shape index (κ3) is 5.17. The van der Waals surface area contributed by atoms with Crippen LogP contribution < -0.4 is 10.0 Å². The molecule has 2 rings (SSSR count). The highest BCUT2D eigenvalue weighted by molar-refractivity contribution is 7.89. The smallest absolute Gasteiger partial charge is 0.244 e. The van der Waals surface area contributed by atoms with Gasteiger partial charge in [0, 0.05) is 13.1 Å². The zero-order chi connectivity index (χ0) is 16.3. The molecule has 134 valence electrons. The molecule has 6 nitrogen and oxygen atoms in total. The summed E-state index contributed by atoms with van der Waals surface area (Å²) >= 11 is 0. The molecular weight excluding hydrogens is 336 g/mol. The number of rotatable bonds is 7. The molecule has 0 radical (unpaired) electrons. The standard InChI is InChI=1S/C15H28N4O2S.ClH/c1-11(2)10-19-13(4)15(12(3)18-19)22(20,21)17-8-6-14-5-7-16-9-14;/h11,14,16-17H,5-10H2,1-4H3;1H. The van der Waals surface area contributed by atoms with Gasteiger partial charge >= 0.3 is 0 Å². The van der Waals surface area contributed by atoms with Gasteiger partial charge in [-0.25, -0.2) is 13.1 Å². The van der Waals surface area contributed by atoms with Crippen molar-refractivity contribution < 1.29 is 8.42 Å². The van der Waals surface area contributed by atoms with Crippen molar-refractivity contribution >= 4 is 22.4 Å². The van der Waals surface area contributed by atoms with Crippen LogP contribution in [0.4, 0.5) is 0 Å². The Morgan fingerprint density at radius 3 is 2.65 bits per heavy atom. The van der Waals surface area contributed by atoms with Crippen LogP contribution in [0.1, 0.15) is 38.1 Å². The maximum atomic E-state index is 12.6. The molecule has 23 heavy (non-hydrogen) atoms. The van der Waals surface area contributed by atoms with Crippen LogP contribution in [0.25, 0.3) is 0 Å². The van der Waals surface area contributed by atoms with Gasteiger partial charge in [0.05, 0.1) is 11.4 Å². The third-order valence-electron chi connectivity index (χ3n) is 4.13. The number of aryl methyl sites for hydroxylation is 1. The Kier molecular flexibility index (Phi) is 7.51. The molecule has 2 N–H and O–H groups in total. The molecule has 0 aromatic carbocycles. The van der Waals surface area contributed by atoms with Gasteiger partial charge in [0.2, 0.25) is 10.0 Å². The molecule has 0 aliphatic carbocycles. The Labute approximate surface area is 145 Å².